The first-order valence-electron chi connectivity index (χ1n) is 9.24. The number of thiophene rings is 1. The molecule has 5 nitrogen and oxygen atoms in total. The Morgan fingerprint density at radius 1 is 1.21 bits per heavy atom. The molecule has 0 saturated carbocycles. The van der Waals surface area contributed by atoms with Gasteiger partial charge in [0, 0.05) is 18.2 Å². The maximum absolute atomic E-state index is 12.8. The number of rotatable bonds is 6. The quantitative estimate of drug-likeness (QED) is 0.447. The van der Waals surface area contributed by atoms with Crippen LogP contribution in [0, 0.1) is 6.92 Å². The summed E-state index contributed by atoms with van der Waals surface area (Å²) in [6, 6.07) is 15.9. The van der Waals surface area contributed by atoms with E-state index in [2.05, 4.69) is 15.5 Å². The molecular formula is C23H21N3O2S. The predicted octanol–water partition coefficient (Wildman–Crippen LogP) is 5.50. The smallest absolute Gasteiger partial charge is 0.266 e. The van der Waals surface area contributed by atoms with Gasteiger partial charge in [-0.2, -0.15) is 5.10 Å². The van der Waals surface area contributed by atoms with Crippen LogP contribution >= 0.6 is 11.3 Å². The lowest BCUT2D eigenvalue weighted by Crippen LogP contribution is -2.12. The number of aromatic nitrogens is 2. The summed E-state index contributed by atoms with van der Waals surface area (Å²) in [5.74, 6) is -0.105. The molecule has 0 spiro atoms. The molecule has 1 amide bonds. The topological polar surface area (TPSA) is 67.0 Å². The van der Waals surface area contributed by atoms with Gasteiger partial charge in [0.1, 0.15) is 0 Å². The third-order valence-electron chi connectivity index (χ3n) is 4.67. The lowest BCUT2D eigenvalue weighted by molar-refractivity contribution is 0.103. The van der Waals surface area contributed by atoms with E-state index in [-0.39, 0.29) is 5.91 Å². The predicted molar refractivity (Wildman–Crippen MR) is 119 cm³/mol. The zero-order valence-corrected chi connectivity index (χ0v) is 17.0. The number of nitrogens with zero attached hydrogens (tertiary/aromatic N) is 1. The van der Waals surface area contributed by atoms with Crippen LogP contribution in [0.4, 0.5) is 5.69 Å². The average Bonchev–Trinajstić information content (AvgIpc) is 3.34. The molecule has 2 aromatic heterocycles. The molecule has 0 aliphatic heterocycles. The van der Waals surface area contributed by atoms with Gasteiger partial charge in [-0.05, 0) is 53.3 Å². The molecule has 0 fully saturated rings. The van der Waals surface area contributed by atoms with E-state index in [9.17, 15) is 4.79 Å². The zero-order chi connectivity index (χ0) is 20.2. The lowest BCUT2D eigenvalue weighted by atomic mass is 10.1. The number of aryl methyl sites for hydroxylation is 1. The van der Waals surface area contributed by atoms with Gasteiger partial charge < -0.3 is 10.1 Å². The van der Waals surface area contributed by atoms with E-state index in [0.29, 0.717) is 6.61 Å². The van der Waals surface area contributed by atoms with Crippen LogP contribution in [0.25, 0.3) is 23.1 Å². The highest BCUT2D eigenvalue weighted by molar-refractivity contribution is 7.12. The van der Waals surface area contributed by atoms with Gasteiger partial charge in [-0.1, -0.05) is 36.4 Å². The van der Waals surface area contributed by atoms with Crippen molar-refractivity contribution in [3.8, 4) is 0 Å². The first-order chi connectivity index (χ1) is 14.2. The van der Waals surface area contributed by atoms with Crippen molar-refractivity contribution in [1.82, 2.24) is 10.2 Å². The van der Waals surface area contributed by atoms with E-state index in [4.69, 9.17) is 4.74 Å². The molecule has 0 unspecified atom stereocenters. The van der Waals surface area contributed by atoms with Gasteiger partial charge >= 0.3 is 0 Å². The largest absolute Gasteiger partial charge is 0.380 e. The van der Waals surface area contributed by atoms with Crippen LogP contribution in [-0.2, 0) is 11.3 Å². The molecule has 2 heterocycles. The van der Waals surface area contributed by atoms with E-state index in [1.165, 1.54) is 11.3 Å². The first-order valence-corrected chi connectivity index (χ1v) is 10.1. The zero-order valence-electron chi connectivity index (χ0n) is 16.2. The lowest BCUT2D eigenvalue weighted by Gasteiger charge is -2.11. The average molecular weight is 404 g/mol. The van der Waals surface area contributed by atoms with E-state index in [1.807, 2.05) is 73.0 Å². The second kappa shape index (κ2) is 8.43. The molecule has 29 heavy (non-hydrogen) atoms. The number of amides is 1. The molecule has 2 aromatic carbocycles. The maximum Gasteiger partial charge on any atom is 0.266 e. The molecule has 0 saturated heterocycles. The number of hydrogen-bond donors (Lipinski definition) is 2. The number of H-pyrrole nitrogens is 1. The molecule has 0 atom stereocenters. The Kier molecular flexibility index (Phi) is 5.55. The number of fused-ring (bicyclic) bond motifs is 1. The molecular weight excluding hydrogens is 382 g/mol. The number of carbonyl (C=O) groups excluding carboxylic acids is 1. The number of para-hydroxylation sites is 1. The Morgan fingerprint density at radius 2 is 2.07 bits per heavy atom. The molecule has 0 aliphatic carbocycles. The van der Waals surface area contributed by atoms with Gasteiger partial charge in [0.05, 0.1) is 22.7 Å². The van der Waals surface area contributed by atoms with Gasteiger partial charge in [-0.3, -0.25) is 9.89 Å². The number of aromatic amines is 1. The van der Waals surface area contributed by atoms with Gasteiger partial charge in [0.15, 0.2) is 0 Å². The van der Waals surface area contributed by atoms with Gasteiger partial charge in [-0.15, -0.1) is 11.3 Å². The van der Waals surface area contributed by atoms with Gasteiger partial charge in [0.25, 0.3) is 5.91 Å². The highest BCUT2D eigenvalue weighted by atomic mass is 32.1. The number of nitrogens with one attached hydrogen (secondary N) is 2. The van der Waals surface area contributed by atoms with Crippen molar-refractivity contribution in [1.29, 1.82) is 0 Å². The molecule has 0 radical (unpaired) electrons. The Morgan fingerprint density at radius 3 is 2.86 bits per heavy atom. The highest BCUT2D eigenvalue weighted by Crippen LogP contribution is 2.25. The van der Waals surface area contributed by atoms with Crippen LogP contribution in [0.3, 0.4) is 0 Å². The fourth-order valence-electron chi connectivity index (χ4n) is 3.18. The van der Waals surface area contributed by atoms with Crippen LogP contribution in [-0.4, -0.2) is 23.2 Å². The van der Waals surface area contributed by atoms with Gasteiger partial charge in [0.2, 0.25) is 0 Å². The van der Waals surface area contributed by atoms with E-state index in [0.717, 1.165) is 43.9 Å². The minimum Gasteiger partial charge on any atom is -0.380 e. The molecule has 4 rings (SSSR count). The summed E-state index contributed by atoms with van der Waals surface area (Å²) in [4.78, 5) is 13.5. The van der Waals surface area contributed by atoms with Crippen molar-refractivity contribution in [2.24, 2.45) is 0 Å². The minimum atomic E-state index is -0.105. The normalized spacial score (nSPS) is 11.4. The number of ether oxygens (including phenoxy) is 1. The first kappa shape index (κ1) is 19.1. The van der Waals surface area contributed by atoms with Crippen molar-refractivity contribution in [3.05, 3.63) is 81.2 Å². The Bertz CT molecular complexity index is 1190. The molecule has 2 N–H and O–H groups in total. The molecule has 146 valence electrons. The second-order valence-corrected chi connectivity index (χ2v) is 7.65. The Hall–Kier alpha value is -3.22. The summed E-state index contributed by atoms with van der Waals surface area (Å²) in [6.45, 7) is 2.42. The number of anilines is 1. The second-order valence-electron chi connectivity index (χ2n) is 6.73. The van der Waals surface area contributed by atoms with Crippen LogP contribution in [0.5, 0.6) is 0 Å². The third-order valence-corrected chi connectivity index (χ3v) is 5.68. The summed E-state index contributed by atoms with van der Waals surface area (Å²) in [5, 5.41) is 13.5. The van der Waals surface area contributed by atoms with Crippen LogP contribution in [0.15, 0.2) is 53.9 Å². The maximum atomic E-state index is 12.8. The number of methoxy groups -OCH3 is 1. The summed E-state index contributed by atoms with van der Waals surface area (Å²) in [7, 11) is 1.66. The standard InChI is InChI=1S/C23H21N3O2S/c1-15-11-12-29-22(15)23(27)24-21-13-16(14-28-2)7-8-17(21)9-10-20-18-5-3-4-6-19(18)25-26-20/h3-13H,14H2,1-2H3,(H,24,27)(H,25,26)/b10-9+. The Labute approximate surface area is 173 Å². The van der Waals surface area contributed by atoms with Crippen LogP contribution in [0.1, 0.15) is 32.1 Å². The van der Waals surface area contributed by atoms with Crippen molar-refractivity contribution < 1.29 is 9.53 Å². The fraction of sp³-hybridized carbons (Fsp3) is 0.130. The van der Waals surface area contributed by atoms with E-state index < -0.39 is 0 Å². The molecule has 4 aromatic rings. The van der Waals surface area contributed by atoms with Crippen LogP contribution < -0.4 is 5.32 Å². The van der Waals surface area contributed by atoms with Crippen molar-refractivity contribution in [2.75, 3.05) is 12.4 Å². The number of hydrogen-bond acceptors (Lipinski definition) is 4. The number of benzene rings is 2. The third kappa shape index (κ3) is 4.13. The van der Waals surface area contributed by atoms with Crippen molar-refractivity contribution in [2.45, 2.75) is 13.5 Å². The summed E-state index contributed by atoms with van der Waals surface area (Å²) >= 11 is 1.44. The van der Waals surface area contributed by atoms with Gasteiger partial charge in [-0.25, -0.2) is 0 Å². The van der Waals surface area contributed by atoms with E-state index in [1.54, 1.807) is 7.11 Å². The van der Waals surface area contributed by atoms with Crippen molar-refractivity contribution >= 4 is 46.0 Å². The Balaban J connectivity index is 1.67. The summed E-state index contributed by atoms with van der Waals surface area (Å²) in [5.41, 5.74) is 5.46. The fourth-order valence-corrected chi connectivity index (χ4v) is 4.00. The molecule has 6 heteroatoms. The van der Waals surface area contributed by atoms with E-state index >= 15 is 0 Å². The summed E-state index contributed by atoms with van der Waals surface area (Å²) < 4.78 is 5.24. The monoisotopic (exact) mass is 403 g/mol. The van der Waals surface area contributed by atoms with Crippen molar-refractivity contribution in [3.63, 3.8) is 0 Å². The molecule has 0 aliphatic rings. The molecule has 0 bridgehead atoms. The van der Waals surface area contributed by atoms with Crippen LogP contribution in [0.2, 0.25) is 0 Å². The highest BCUT2D eigenvalue weighted by Gasteiger charge is 2.13. The SMILES string of the molecule is COCc1ccc(/C=C/c2n[nH]c3ccccc23)c(NC(=O)c2sccc2C)c1. The summed E-state index contributed by atoms with van der Waals surface area (Å²) in [6.07, 6.45) is 3.92. The minimum absolute atomic E-state index is 0.105. The number of carbonyl (C=O) groups is 1.